The zero-order valence-corrected chi connectivity index (χ0v) is 21.7. The summed E-state index contributed by atoms with van der Waals surface area (Å²) in [5.74, 6) is 2.61. The fourth-order valence-corrected chi connectivity index (χ4v) is 4.66. The lowest BCUT2D eigenvalue weighted by Crippen LogP contribution is -2.45. The van der Waals surface area contributed by atoms with Crippen LogP contribution >= 0.6 is 24.0 Å². The average Bonchev–Trinajstić information content (AvgIpc) is 3.43. The van der Waals surface area contributed by atoms with Crippen molar-refractivity contribution in [1.29, 1.82) is 0 Å². The van der Waals surface area contributed by atoms with Gasteiger partial charge in [0, 0.05) is 43.6 Å². The van der Waals surface area contributed by atoms with Gasteiger partial charge in [0.05, 0.1) is 5.69 Å². The quantitative estimate of drug-likeness (QED) is 0.287. The highest BCUT2D eigenvalue weighted by Crippen LogP contribution is 2.27. The summed E-state index contributed by atoms with van der Waals surface area (Å²) in [6.07, 6.45) is 8.89. The summed E-state index contributed by atoms with van der Waals surface area (Å²) in [6, 6.07) is 2.27. The van der Waals surface area contributed by atoms with Gasteiger partial charge >= 0.3 is 0 Å². The van der Waals surface area contributed by atoms with Gasteiger partial charge in [0.15, 0.2) is 11.7 Å². The lowest BCUT2D eigenvalue weighted by Gasteiger charge is -2.26. The lowest BCUT2D eigenvalue weighted by atomic mass is 9.88. The summed E-state index contributed by atoms with van der Waals surface area (Å²) in [5, 5.41) is 11.1. The van der Waals surface area contributed by atoms with Gasteiger partial charge in [-0.2, -0.15) is 0 Å². The average molecular weight is 546 g/mol. The number of nitrogens with one attached hydrogen (secondary N) is 2. The highest BCUT2D eigenvalue weighted by molar-refractivity contribution is 14.0. The molecule has 1 aliphatic carbocycles. The summed E-state index contributed by atoms with van der Waals surface area (Å²) in [4.78, 5) is 19.5. The van der Waals surface area contributed by atoms with Crippen LogP contribution in [0.25, 0.3) is 0 Å². The topological polar surface area (TPSA) is 82.8 Å². The third-order valence-electron chi connectivity index (χ3n) is 6.51. The molecule has 0 bridgehead atoms. The molecular formula is C23H40IN5O2. The van der Waals surface area contributed by atoms with Crippen LogP contribution < -0.4 is 10.6 Å². The normalized spacial score (nSPS) is 20.1. The number of guanidine groups is 1. The van der Waals surface area contributed by atoms with E-state index in [1.54, 1.807) is 0 Å². The van der Waals surface area contributed by atoms with Crippen molar-refractivity contribution in [2.75, 3.05) is 19.6 Å². The van der Waals surface area contributed by atoms with E-state index in [-0.39, 0.29) is 35.9 Å². The lowest BCUT2D eigenvalue weighted by molar-refractivity contribution is -0.135. The minimum absolute atomic E-state index is 0. The highest BCUT2D eigenvalue weighted by Gasteiger charge is 2.31. The van der Waals surface area contributed by atoms with Crippen LogP contribution in [0.15, 0.2) is 15.6 Å². The van der Waals surface area contributed by atoms with Gasteiger partial charge in [-0.05, 0) is 39.0 Å². The Morgan fingerprint density at radius 2 is 1.97 bits per heavy atom. The van der Waals surface area contributed by atoms with Gasteiger partial charge < -0.3 is 20.1 Å². The number of aromatic nitrogens is 1. The van der Waals surface area contributed by atoms with Crippen molar-refractivity contribution in [1.82, 2.24) is 20.7 Å². The van der Waals surface area contributed by atoms with E-state index in [4.69, 9.17) is 4.52 Å². The molecule has 1 atom stereocenters. The van der Waals surface area contributed by atoms with Crippen molar-refractivity contribution >= 4 is 35.8 Å². The van der Waals surface area contributed by atoms with Crippen LogP contribution in [0.1, 0.15) is 89.5 Å². The minimum atomic E-state index is 0. The molecule has 1 aromatic rings. The zero-order valence-electron chi connectivity index (χ0n) is 19.4. The number of rotatable bonds is 8. The SMILES string of the molecule is CCNC(=NCc1cc(C(CC)CC)no1)NC1CCN(C(=O)C2CCCCC2)C1.I. The predicted molar refractivity (Wildman–Crippen MR) is 135 cm³/mol. The van der Waals surface area contributed by atoms with Crippen molar-refractivity contribution in [3.05, 3.63) is 17.5 Å². The summed E-state index contributed by atoms with van der Waals surface area (Å²) in [7, 11) is 0. The first-order valence-electron chi connectivity index (χ1n) is 11.9. The Balaban J connectivity index is 0.00000341. The molecule has 31 heavy (non-hydrogen) atoms. The van der Waals surface area contributed by atoms with Crippen molar-refractivity contribution < 1.29 is 9.32 Å². The molecule has 2 heterocycles. The molecule has 176 valence electrons. The van der Waals surface area contributed by atoms with Crippen molar-refractivity contribution in [3.63, 3.8) is 0 Å². The number of amides is 1. The zero-order chi connectivity index (χ0) is 21.3. The van der Waals surface area contributed by atoms with Gasteiger partial charge in [-0.1, -0.05) is 38.3 Å². The molecule has 3 rings (SSSR count). The second-order valence-electron chi connectivity index (χ2n) is 8.68. The number of carbonyl (C=O) groups excluding carboxylic acids is 1. The fraction of sp³-hybridized carbons (Fsp3) is 0.783. The van der Waals surface area contributed by atoms with Gasteiger partial charge in [-0.3, -0.25) is 4.79 Å². The highest BCUT2D eigenvalue weighted by atomic mass is 127. The summed E-state index contributed by atoms with van der Waals surface area (Å²) >= 11 is 0. The van der Waals surface area contributed by atoms with Gasteiger partial charge in [0.25, 0.3) is 0 Å². The number of aliphatic imine (C=N–C) groups is 1. The number of nitrogens with zero attached hydrogens (tertiary/aromatic N) is 3. The molecule has 1 amide bonds. The third kappa shape index (κ3) is 7.36. The number of hydrogen-bond acceptors (Lipinski definition) is 4. The van der Waals surface area contributed by atoms with Crippen LogP contribution in [-0.4, -0.2) is 47.6 Å². The van der Waals surface area contributed by atoms with Crippen LogP contribution in [0.4, 0.5) is 0 Å². The van der Waals surface area contributed by atoms with E-state index in [0.29, 0.717) is 18.4 Å². The Morgan fingerprint density at radius 3 is 2.65 bits per heavy atom. The fourth-order valence-electron chi connectivity index (χ4n) is 4.66. The Hall–Kier alpha value is -1.32. The van der Waals surface area contributed by atoms with E-state index >= 15 is 0 Å². The molecule has 1 aromatic heterocycles. The molecule has 1 saturated carbocycles. The largest absolute Gasteiger partial charge is 0.359 e. The Kier molecular flexibility index (Phi) is 11.1. The van der Waals surface area contributed by atoms with Gasteiger partial charge in [-0.15, -0.1) is 24.0 Å². The van der Waals surface area contributed by atoms with Crippen LogP contribution in [-0.2, 0) is 11.3 Å². The second kappa shape index (κ2) is 13.3. The Labute approximate surface area is 204 Å². The maximum Gasteiger partial charge on any atom is 0.225 e. The van der Waals surface area contributed by atoms with E-state index < -0.39 is 0 Å². The maximum atomic E-state index is 12.8. The summed E-state index contributed by atoms with van der Waals surface area (Å²) < 4.78 is 5.50. The van der Waals surface area contributed by atoms with Gasteiger partial charge in [0.1, 0.15) is 6.54 Å². The monoisotopic (exact) mass is 545 g/mol. The van der Waals surface area contributed by atoms with Crippen LogP contribution in [0.5, 0.6) is 0 Å². The maximum absolute atomic E-state index is 12.8. The van der Waals surface area contributed by atoms with E-state index in [1.165, 1.54) is 19.3 Å². The first-order valence-corrected chi connectivity index (χ1v) is 11.9. The van der Waals surface area contributed by atoms with E-state index in [9.17, 15) is 4.79 Å². The van der Waals surface area contributed by atoms with Crippen LogP contribution in [0, 0.1) is 5.92 Å². The smallest absolute Gasteiger partial charge is 0.225 e. The molecule has 1 aliphatic heterocycles. The molecule has 8 heteroatoms. The van der Waals surface area contributed by atoms with Crippen molar-refractivity contribution in [2.24, 2.45) is 10.9 Å². The molecule has 2 fully saturated rings. The Bertz CT molecular complexity index is 698. The number of halogens is 1. The van der Waals surface area contributed by atoms with Crippen molar-refractivity contribution in [3.8, 4) is 0 Å². The second-order valence-corrected chi connectivity index (χ2v) is 8.68. The van der Waals surface area contributed by atoms with E-state index in [1.807, 2.05) is 6.07 Å². The molecule has 0 aromatic carbocycles. The first-order chi connectivity index (χ1) is 14.6. The molecule has 0 spiro atoms. The van der Waals surface area contributed by atoms with Gasteiger partial charge in [-0.25, -0.2) is 4.99 Å². The standard InChI is InChI=1S/C23H39N5O2.HI/c1-4-17(5-2)21-14-20(30-27-21)15-25-23(24-6-3)26-19-12-13-28(16-19)22(29)18-10-8-7-9-11-18;/h14,17-19H,4-13,15-16H2,1-3H3,(H2,24,25,26);1H. The Morgan fingerprint density at radius 1 is 1.23 bits per heavy atom. The minimum Gasteiger partial charge on any atom is -0.359 e. The molecule has 2 N–H and O–H groups in total. The first kappa shape index (κ1) is 25.9. The molecular weight excluding hydrogens is 505 g/mol. The molecule has 0 radical (unpaired) electrons. The van der Waals surface area contributed by atoms with E-state index in [0.717, 1.165) is 69.2 Å². The molecule has 2 aliphatic rings. The molecule has 7 nitrogen and oxygen atoms in total. The van der Waals surface area contributed by atoms with Gasteiger partial charge in [0.2, 0.25) is 5.91 Å². The van der Waals surface area contributed by atoms with Crippen LogP contribution in [0.2, 0.25) is 0 Å². The number of hydrogen-bond donors (Lipinski definition) is 2. The molecule has 1 saturated heterocycles. The van der Waals surface area contributed by atoms with Crippen LogP contribution in [0.3, 0.4) is 0 Å². The van der Waals surface area contributed by atoms with Crippen molar-refractivity contribution in [2.45, 2.75) is 90.6 Å². The van der Waals surface area contributed by atoms with E-state index in [2.05, 4.69) is 46.5 Å². The predicted octanol–water partition coefficient (Wildman–Crippen LogP) is 4.43. The summed E-state index contributed by atoms with van der Waals surface area (Å²) in [5.41, 5.74) is 1.02. The molecule has 1 unspecified atom stereocenters. The third-order valence-corrected chi connectivity index (χ3v) is 6.51. The number of likely N-dealkylation sites (tertiary alicyclic amines) is 1. The summed E-state index contributed by atoms with van der Waals surface area (Å²) in [6.45, 7) is 9.27. The number of carbonyl (C=O) groups is 1.